The van der Waals surface area contributed by atoms with Crippen LogP contribution in [-0.2, 0) is 21.2 Å². The third-order valence-electron chi connectivity index (χ3n) is 7.67. The van der Waals surface area contributed by atoms with Crippen molar-refractivity contribution in [1.82, 2.24) is 5.32 Å². The van der Waals surface area contributed by atoms with Gasteiger partial charge in [0, 0.05) is 17.0 Å². The molecule has 0 aliphatic carbocycles. The minimum atomic E-state index is -4.11. The van der Waals surface area contributed by atoms with Crippen molar-refractivity contribution < 1.29 is 27.9 Å². The van der Waals surface area contributed by atoms with E-state index in [4.69, 9.17) is 16.3 Å². The predicted octanol–water partition coefficient (Wildman–Crippen LogP) is 8.18. The molecule has 0 saturated carbocycles. The Morgan fingerprint density at radius 3 is 2.19 bits per heavy atom. The number of amides is 1. The van der Waals surface area contributed by atoms with Gasteiger partial charge in [-0.15, -0.1) is 0 Å². The maximum Gasteiger partial charge on any atom is 0.326 e. The first-order chi connectivity index (χ1) is 23.2. The zero-order chi connectivity index (χ0) is 33.7. The highest BCUT2D eigenvalue weighted by Crippen LogP contribution is 2.33. The molecule has 0 fully saturated rings. The molecular formula is C38H29ClN2O6S. The van der Waals surface area contributed by atoms with Gasteiger partial charge in [0.25, 0.3) is 15.9 Å². The van der Waals surface area contributed by atoms with Crippen LogP contribution in [0.4, 0.5) is 5.69 Å². The summed E-state index contributed by atoms with van der Waals surface area (Å²) in [5.74, 6) is -0.689. The molecule has 6 aromatic carbocycles. The Morgan fingerprint density at radius 2 is 1.44 bits per heavy atom. The lowest BCUT2D eigenvalue weighted by Crippen LogP contribution is -2.42. The number of para-hydroxylation sites is 2. The van der Waals surface area contributed by atoms with E-state index in [1.165, 1.54) is 30.3 Å². The fourth-order valence-corrected chi connectivity index (χ4v) is 6.52. The number of aliphatic carboxylic acids is 1. The number of fused-ring (bicyclic) bond motifs is 1. The van der Waals surface area contributed by atoms with Crippen LogP contribution >= 0.6 is 11.6 Å². The van der Waals surface area contributed by atoms with Crippen molar-refractivity contribution in [3.8, 4) is 22.6 Å². The van der Waals surface area contributed by atoms with Gasteiger partial charge in [-0.2, -0.15) is 0 Å². The number of halogens is 1. The monoisotopic (exact) mass is 676 g/mol. The standard InChI is InChI=1S/C38H29ClN2O6S/c39-29-19-21-34(41-48(45,46)31-20-18-26-8-4-5-9-28(26)23-31)33(24-29)37(42)40-35(38(43)44)22-25-14-16-27(17-15-25)32-12-6-7-13-36(32)47-30-10-2-1-3-11-30/h1-21,23-24,35,41H,22H2,(H,40,42)(H,43,44). The van der Waals surface area contributed by atoms with Gasteiger partial charge in [0.2, 0.25) is 0 Å². The zero-order valence-electron chi connectivity index (χ0n) is 25.3. The number of carboxylic acids is 1. The summed E-state index contributed by atoms with van der Waals surface area (Å²) in [5.41, 5.74) is 2.22. The normalized spacial score (nSPS) is 11.9. The number of benzene rings is 6. The SMILES string of the molecule is O=C(NC(Cc1ccc(-c2ccccc2Oc2ccccc2)cc1)C(=O)O)c1cc(Cl)ccc1NS(=O)(=O)c1ccc2ccccc2c1. The van der Waals surface area contributed by atoms with Gasteiger partial charge in [0.1, 0.15) is 17.5 Å². The first kappa shape index (κ1) is 32.3. The number of carboxylic acid groups (broad SMARTS) is 1. The number of nitrogens with one attached hydrogen (secondary N) is 2. The number of carbonyl (C=O) groups excluding carboxylic acids is 1. The number of carbonyl (C=O) groups is 2. The molecule has 0 spiro atoms. The van der Waals surface area contributed by atoms with Gasteiger partial charge in [-0.3, -0.25) is 9.52 Å². The lowest BCUT2D eigenvalue weighted by molar-refractivity contribution is -0.139. The van der Waals surface area contributed by atoms with Crippen LogP contribution in [-0.4, -0.2) is 31.4 Å². The highest BCUT2D eigenvalue weighted by atomic mass is 35.5. The molecular weight excluding hydrogens is 648 g/mol. The summed E-state index contributed by atoms with van der Waals surface area (Å²) in [6, 6.07) is 39.1. The summed E-state index contributed by atoms with van der Waals surface area (Å²) in [7, 11) is -4.11. The molecule has 1 amide bonds. The molecule has 6 rings (SSSR count). The molecule has 8 nitrogen and oxygen atoms in total. The number of rotatable bonds is 11. The van der Waals surface area contributed by atoms with E-state index in [1.807, 2.05) is 84.9 Å². The van der Waals surface area contributed by atoms with E-state index in [2.05, 4.69) is 10.0 Å². The molecule has 0 aliphatic rings. The third kappa shape index (κ3) is 7.49. The topological polar surface area (TPSA) is 122 Å². The summed E-state index contributed by atoms with van der Waals surface area (Å²) >= 11 is 6.18. The van der Waals surface area contributed by atoms with Crippen molar-refractivity contribution in [2.24, 2.45) is 0 Å². The van der Waals surface area contributed by atoms with Gasteiger partial charge in [-0.05, 0) is 70.4 Å². The van der Waals surface area contributed by atoms with Gasteiger partial charge in [-0.1, -0.05) is 103 Å². The van der Waals surface area contributed by atoms with E-state index in [9.17, 15) is 23.1 Å². The molecule has 3 N–H and O–H groups in total. The summed E-state index contributed by atoms with van der Waals surface area (Å²) in [4.78, 5) is 25.7. The van der Waals surface area contributed by atoms with E-state index >= 15 is 0 Å². The Hall–Kier alpha value is -5.64. The predicted molar refractivity (Wildman–Crippen MR) is 187 cm³/mol. The second-order valence-electron chi connectivity index (χ2n) is 11.0. The van der Waals surface area contributed by atoms with Crippen molar-refractivity contribution in [3.63, 3.8) is 0 Å². The fraction of sp³-hybridized carbons (Fsp3) is 0.0526. The third-order valence-corrected chi connectivity index (χ3v) is 9.27. The Morgan fingerprint density at radius 1 is 0.750 bits per heavy atom. The maximum absolute atomic E-state index is 13.5. The van der Waals surface area contributed by atoms with Crippen molar-refractivity contribution >= 4 is 50.0 Å². The van der Waals surface area contributed by atoms with Crippen molar-refractivity contribution in [3.05, 3.63) is 156 Å². The largest absolute Gasteiger partial charge is 0.480 e. The zero-order valence-corrected chi connectivity index (χ0v) is 26.9. The van der Waals surface area contributed by atoms with E-state index in [0.717, 1.165) is 21.9 Å². The summed E-state index contributed by atoms with van der Waals surface area (Å²) in [6.07, 6.45) is -0.0256. The molecule has 0 aliphatic heterocycles. The average Bonchev–Trinajstić information content (AvgIpc) is 3.09. The van der Waals surface area contributed by atoms with E-state index < -0.39 is 27.9 Å². The maximum atomic E-state index is 13.5. The highest BCUT2D eigenvalue weighted by molar-refractivity contribution is 7.92. The molecule has 0 saturated heterocycles. The minimum Gasteiger partial charge on any atom is -0.480 e. The summed E-state index contributed by atoms with van der Waals surface area (Å²) in [5, 5.41) is 14.3. The molecule has 240 valence electrons. The summed E-state index contributed by atoms with van der Waals surface area (Å²) < 4.78 is 35.2. The van der Waals surface area contributed by atoms with Crippen LogP contribution in [0.5, 0.6) is 11.5 Å². The van der Waals surface area contributed by atoms with Crippen molar-refractivity contribution in [1.29, 1.82) is 0 Å². The van der Waals surface area contributed by atoms with Crippen LogP contribution in [0.1, 0.15) is 15.9 Å². The smallest absolute Gasteiger partial charge is 0.326 e. The molecule has 1 unspecified atom stereocenters. The second kappa shape index (κ2) is 14.0. The Bertz CT molecular complexity index is 2220. The lowest BCUT2D eigenvalue weighted by atomic mass is 9.99. The van der Waals surface area contributed by atoms with Crippen LogP contribution in [0.15, 0.2) is 144 Å². The number of ether oxygens (including phenoxy) is 1. The van der Waals surface area contributed by atoms with Gasteiger partial charge in [-0.25, -0.2) is 13.2 Å². The second-order valence-corrected chi connectivity index (χ2v) is 13.1. The van der Waals surface area contributed by atoms with Gasteiger partial charge >= 0.3 is 5.97 Å². The average molecular weight is 677 g/mol. The molecule has 10 heteroatoms. The van der Waals surface area contributed by atoms with E-state index in [0.29, 0.717) is 17.1 Å². The lowest BCUT2D eigenvalue weighted by Gasteiger charge is -2.18. The Labute approximate surface area is 282 Å². The quantitative estimate of drug-likeness (QED) is 0.127. The van der Waals surface area contributed by atoms with Crippen molar-refractivity contribution in [2.75, 3.05) is 4.72 Å². The van der Waals surface area contributed by atoms with E-state index in [1.54, 1.807) is 24.3 Å². The van der Waals surface area contributed by atoms with E-state index in [-0.39, 0.29) is 27.6 Å². The first-order valence-corrected chi connectivity index (χ1v) is 16.8. The molecule has 6 aromatic rings. The van der Waals surface area contributed by atoms with Crippen LogP contribution in [0, 0.1) is 0 Å². The fourth-order valence-electron chi connectivity index (χ4n) is 5.23. The Balaban J connectivity index is 1.19. The molecule has 0 aromatic heterocycles. The van der Waals surface area contributed by atoms with Crippen LogP contribution in [0.25, 0.3) is 21.9 Å². The highest BCUT2D eigenvalue weighted by Gasteiger charge is 2.25. The molecule has 0 radical (unpaired) electrons. The Kier molecular flexibility index (Phi) is 9.43. The number of hydrogen-bond acceptors (Lipinski definition) is 5. The van der Waals surface area contributed by atoms with Gasteiger partial charge in [0.05, 0.1) is 16.1 Å². The van der Waals surface area contributed by atoms with Crippen molar-refractivity contribution in [2.45, 2.75) is 17.4 Å². The first-order valence-electron chi connectivity index (χ1n) is 14.9. The number of hydrogen-bond donors (Lipinski definition) is 3. The van der Waals surface area contributed by atoms with Gasteiger partial charge < -0.3 is 15.2 Å². The number of anilines is 1. The van der Waals surface area contributed by atoms with Crippen LogP contribution in [0.3, 0.4) is 0 Å². The molecule has 0 heterocycles. The number of sulfonamides is 1. The molecule has 1 atom stereocenters. The minimum absolute atomic E-state index is 0.00335. The molecule has 0 bridgehead atoms. The molecule has 48 heavy (non-hydrogen) atoms. The van der Waals surface area contributed by atoms with Crippen LogP contribution < -0.4 is 14.8 Å². The summed E-state index contributed by atoms with van der Waals surface area (Å²) in [6.45, 7) is 0. The van der Waals surface area contributed by atoms with Gasteiger partial charge in [0.15, 0.2) is 0 Å². The van der Waals surface area contributed by atoms with Crippen LogP contribution in [0.2, 0.25) is 5.02 Å².